The van der Waals surface area contributed by atoms with Crippen molar-refractivity contribution in [2.24, 2.45) is 0 Å². The predicted molar refractivity (Wildman–Crippen MR) is 103 cm³/mol. The maximum Gasteiger partial charge on any atom is 0.0715 e. The van der Waals surface area contributed by atoms with Crippen molar-refractivity contribution < 1.29 is 18.9 Å². The van der Waals surface area contributed by atoms with Gasteiger partial charge in [-0.1, -0.05) is 30.3 Å². The number of methoxy groups -OCH3 is 1. The average Bonchev–Trinajstić information content (AvgIpc) is 3.13. The molecule has 0 aliphatic carbocycles. The van der Waals surface area contributed by atoms with Gasteiger partial charge in [-0.05, 0) is 19.0 Å². The van der Waals surface area contributed by atoms with Crippen LogP contribution in [0.15, 0.2) is 30.3 Å². The zero-order valence-corrected chi connectivity index (χ0v) is 16.2. The van der Waals surface area contributed by atoms with Crippen LogP contribution in [0.2, 0.25) is 0 Å². The van der Waals surface area contributed by atoms with Crippen molar-refractivity contribution in [1.82, 2.24) is 10.2 Å². The first-order chi connectivity index (χ1) is 12.8. The summed E-state index contributed by atoms with van der Waals surface area (Å²) in [6.45, 7) is 6.80. The lowest BCUT2D eigenvalue weighted by molar-refractivity contribution is -0.0137. The molecule has 1 aliphatic heterocycles. The van der Waals surface area contributed by atoms with Crippen LogP contribution in [0.1, 0.15) is 18.0 Å². The van der Waals surface area contributed by atoms with Crippen molar-refractivity contribution >= 4 is 0 Å². The van der Waals surface area contributed by atoms with Gasteiger partial charge in [-0.25, -0.2) is 0 Å². The summed E-state index contributed by atoms with van der Waals surface area (Å²) in [4.78, 5) is 2.48. The third kappa shape index (κ3) is 8.12. The maximum absolute atomic E-state index is 5.95. The van der Waals surface area contributed by atoms with Crippen molar-refractivity contribution in [2.45, 2.75) is 18.6 Å². The molecule has 1 aliphatic rings. The third-order valence-electron chi connectivity index (χ3n) is 4.61. The molecule has 0 radical (unpaired) electrons. The lowest BCUT2D eigenvalue weighted by atomic mass is 10.1. The number of nitrogens with zero attached hydrogens (tertiary/aromatic N) is 1. The number of likely N-dealkylation sites (N-methyl/N-ethyl adjacent to an activating group) is 1. The molecule has 1 aromatic carbocycles. The maximum atomic E-state index is 5.95. The summed E-state index contributed by atoms with van der Waals surface area (Å²) in [5, 5.41) is 3.42. The molecule has 148 valence electrons. The first kappa shape index (κ1) is 21.3. The molecular weight excluding hydrogens is 332 g/mol. The molecule has 6 heteroatoms. The summed E-state index contributed by atoms with van der Waals surface area (Å²) in [6, 6.07) is 11.0. The summed E-state index contributed by atoms with van der Waals surface area (Å²) < 4.78 is 21.7. The van der Waals surface area contributed by atoms with Gasteiger partial charge >= 0.3 is 0 Å². The van der Waals surface area contributed by atoms with Crippen LogP contribution in [0.5, 0.6) is 0 Å². The molecule has 0 bridgehead atoms. The summed E-state index contributed by atoms with van der Waals surface area (Å²) in [7, 11) is 3.69. The molecule has 1 saturated heterocycles. The average molecular weight is 367 g/mol. The molecule has 0 spiro atoms. The van der Waals surface area contributed by atoms with Crippen molar-refractivity contribution in [1.29, 1.82) is 0 Å². The Labute approximate surface area is 157 Å². The number of hydrogen-bond donors (Lipinski definition) is 1. The second kappa shape index (κ2) is 13.2. The van der Waals surface area contributed by atoms with Gasteiger partial charge in [0.15, 0.2) is 0 Å². The van der Waals surface area contributed by atoms with E-state index in [2.05, 4.69) is 40.5 Å². The Hall–Kier alpha value is -1.02. The van der Waals surface area contributed by atoms with Crippen LogP contribution < -0.4 is 5.32 Å². The molecule has 0 amide bonds. The SMILES string of the molecule is CNC(CN1CC[C@H](OCCOCCOCCOC)C1)c1ccccc1. The zero-order valence-electron chi connectivity index (χ0n) is 16.2. The molecular formula is C20H34N2O4. The first-order valence-corrected chi connectivity index (χ1v) is 9.54. The van der Waals surface area contributed by atoms with E-state index in [0.717, 1.165) is 26.1 Å². The van der Waals surface area contributed by atoms with Crippen LogP contribution in [0.3, 0.4) is 0 Å². The monoisotopic (exact) mass is 366 g/mol. The molecule has 2 rings (SSSR count). The molecule has 1 aromatic rings. The van der Waals surface area contributed by atoms with Gasteiger partial charge in [-0.15, -0.1) is 0 Å². The van der Waals surface area contributed by atoms with E-state index in [4.69, 9.17) is 18.9 Å². The van der Waals surface area contributed by atoms with Crippen LogP contribution in [0.25, 0.3) is 0 Å². The van der Waals surface area contributed by atoms with E-state index in [1.807, 2.05) is 7.05 Å². The highest BCUT2D eigenvalue weighted by molar-refractivity contribution is 5.19. The van der Waals surface area contributed by atoms with Crippen molar-refractivity contribution in [3.63, 3.8) is 0 Å². The Morgan fingerprint density at radius 3 is 2.42 bits per heavy atom. The predicted octanol–water partition coefficient (Wildman–Crippen LogP) is 1.72. The number of nitrogens with one attached hydrogen (secondary N) is 1. The Morgan fingerprint density at radius 1 is 1.04 bits per heavy atom. The highest BCUT2D eigenvalue weighted by Crippen LogP contribution is 2.18. The largest absolute Gasteiger partial charge is 0.382 e. The number of hydrogen-bond acceptors (Lipinski definition) is 6. The van der Waals surface area contributed by atoms with Crippen LogP contribution in [0, 0.1) is 0 Å². The highest BCUT2D eigenvalue weighted by Gasteiger charge is 2.25. The van der Waals surface area contributed by atoms with Crippen LogP contribution in [-0.4, -0.2) is 84.4 Å². The number of rotatable bonds is 14. The van der Waals surface area contributed by atoms with Gasteiger partial charge in [0, 0.05) is 32.8 Å². The van der Waals surface area contributed by atoms with E-state index in [0.29, 0.717) is 51.8 Å². The molecule has 1 heterocycles. The fourth-order valence-electron chi connectivity index (χ4n) is 3.14. The summed E-state index contributed by atoms with van der Waals surface area (Å²) in [6.07, 6.45) is 1.40. The van der Waals surface area contributed by atoms with Crippen molar-refractivity contribution in [3.8, 4) is 0 Å². The van der Waals surface area contributed by atoms with Crippen LogP contribution in [-0.2, 0) is 18.9 Å². The van der Waals surface area contributed by atoms with Crippen LogP contribution >= 0.6 is 0 Å². The summed E-state index contributed by atoms with van der Waals surface area (Å²) in [5.41, 5.74) is 1.33. The van der Waals surface area contributed by atoms with Gasteiger partial charge < -0.3 is 24.3 Å². The fraction of sp³-hybridized carbons (Fsp3) is 0.700. The Kier molecular flexibility index (Phi) is 10.8. The Morgan fingerprint density at radius 2 is 1.73 bits per heavy atom. The van der Waals surface area contributed by atoms with Gasteiger partial charge in [0.2, 0.25) is 0 Å². The molecule has 6 nitrogen and oxygen atoms in total. The molecule has 1 unspecified atom stereocenters. The summed E-state index contributed by atoms with van der Waals surface area (Å²) >= 11 is 0. The van der Waals surface area contributed by atoms with E-state index >= 15 is 0 Å². The topological polar surface area (TPSA) is 52.2 Å². The number of benzene rings is 1. The molecule has 1 N–H and O–H groups in total. The fourth-order valence-corrected chi connectivity index (χ4v) is 3.14. The van der Waals surface area contributed by atoms with Gasteiger partial charge in [-0.3, -0.25) is 4.90 Å². The van der Waals surface area contributed by atoms with E-state index in [1.165, 1.54) is 5.56 Å². The molecule has 26 heavy (non-hydrogen) atoms. The number of ether oxygens (including phenoxy) is 4. The van der Waals surface area contributed by atoms with Gasteiger partial charge in [0.05, 0.1) is 45.7 Å². The highest BCUT2D eigenvalue weighted by atomic mass is 16.6. The van der Waals surface area contributed by atoms with E-state index in [9.17, 15) is 0 Å². The van der Waals surface area contributed by atoms with Crippen LogP contribution in [0.4, 0.5) is 0 Å². The Balaban J connectivity index is 1.53. The number of likely N-dealkylation sites (tertiary alicyclic amines) is 1. The standard InChI is InChI=1S/C20H34N2O4/c1-21-20(18-6-4-3-5-7-18)17-22-9-8-19(16-22)26-15-14-25-13-12-24-11-10-23-2/h3-7,19-21H,8-17H2,1-2H3/t19-,20?/m0/s1. The lowest BCUT2D eigenvalue weighted by Gasteiger charge is -2.24. The first-order valence-electron chi connectivity index (χ1n) is 9.54. The normalized spacial score (nSPS) is 19.1. The van der Waals surface area contributed by atoms with E-state index in [1.54, 1.807) is 7.11 Å². The Bertz CT molecular complexity index is 460. The van der Waals surface area contributed by atoms with Gasteiger partial charge in [0.25, 0.3) is 0 Å². The van der Waals surface area contributed by atoms with Crippen molar-refractivity contribution in [3.05, 3.63) is 35.9 Å². The lowest BCUT2D eigenvalue weighted by Crippen LogP contribution is -2.33. The van der Waals surface area contributed by atoms with E-state index in [-0.39, 0.29) is 0 Å². The van der Waals surface area contributed by atoms with Gasteiger partial charge in [0.1, 0.15) is 0 Å². The third-order valence-corrected chi connectivity index (χ3v) is 4.61. The van der Waals surface area contributed by atoms with E-state index < -0.39 is 0 Å². The quantitative estimate of drug-likeness (QED) is 0.506. The zero-order chi connectivity index (χ0) is 18.5. The summed E-state index contributed by atoms with van der Waals surface area (Å²) in [5.74, 6) is 0. The molecule has 0 saturated carbocycles. The minimum absolute atomic E-state index is 0.310. The van der Waals surface area contributed by atoms with Crippen molar-refractivity contribution in [2.75, 3.05) is 73.4 Å². The molecule has 1 fully saturated rings. The second-order valence-electron chi connectivity index (χ2n) is 6.51. The minimum atomic E-state index is 0.310. The van der Waals surface area contributed by atoms with Gasteiger partial charge in [-0.2, -0.15) is 0 Å². The minimum Gasteiger partial charge on any atom is -0.382 e. The second-order valence-corrected chi connectivity index (χ2v) is 6.51. The smallest absolute Gasteiger partial charge is 0.0715 e. The molecule has 0 aromatic heterocycles. The molecule has 2 atom stereocenters.